The Morgan fingerprint density at radius 2 is 1.80 bits per heavy atom. The number of urea groups is 1. The van der Waals surface area contributed by atoms with Gasteiger partial charge in [0.25, 0.3) is 0 Å². The first-order valence-electron chi connectivity index (χ1n) is 13.5. The van der Waals surface area contributed by atoms with Crippen molar-refractivity contribution in [3.63, 3.8) is 0 Å². The van der Waals surface area contributed by atoms with E-state index in [0.29, 0.717) is 28.3 Å². The standard InChI is InChI=1S/C31H24F3N7O3S/c1-19(2)25-5-3-4-6-26(25)41-27(42)17-45-30(41)38-29(43)36-16-22(15-35)20-7-9-21(10-8-20)28-37-18-40(39-28)23-11-13-24(14-12-23)44-31(32,33)34/h3-14,16,18-19,22H,17H2,1-2H3. The van der Waals surface area contributed by atoms with Crippen LogP contribution in [0.4, 0.5) is 23.7 Å². The Labute approximate surface area is 259 Å². The largest absolute Gasteiger partial charge is 0.573 e. The zero-order valence-corrected chi connectivity index (χ0v) is 24.7. The van der Waals surface area contributed by atoms with Gasteiger partial charge < -0.3 is 4.74 Å². The molecule has 0 saturated carbocycles. The Morgan fingerprint density at radius 3 is 2.47 bits per heavy atom. The quantitative estimate of drug-likeness (QED) is 0.203. The molecule has 45 heavy (non-hydrogen) atoms. The Hall–Kier alpha value is -5.29. The lowest BCUT2D eigenvalue weighted by Gasteiger charge is -2.21. The van der Waals surface area contributed by atoms with Gasteiger partial charge in [0.2, 0.25) is 5.91 Å². The maximum atomic E-state index is 12.7. The number of aromatic nitrogens is 3. The van der Waals surface area contributed by atoms with Gasteiger partial charge in [-0.25, -0.2) is 19.5 Å². The zero-order valence-electron chi connectivity index (χ0n) is 23.8. The fraction of sp³-hybridized carbons (Fsp3) is 0.194. The zero-order chi connectivity index (χ0) is 32.1. The third kappa shape index (κ3) is 7.44. The van der Waals surface area contributed by atoms with Crippen molar-refractivity contribution in [2.75, 3.05) is 10.7 Å². The molecular formula is C31H24F3N7O3S. The first-order chi connectivity index (χ1) is 21.5. The summed E-state index contributed by atoms with van der Waals surface area (Å²) in [6.07, 6.45) is -2.17. The van der Waals surface area contributed by atoms with Crippen molar-refractivity contribution in [1.29, 1.82) is 5.26 Å². The number of carbonyl (C=O) groups excluding carboxylic acids is 2. The second-order valence-corrected chi connectivity index (χ2v) is 10.9. The molecule has 1 aliphatic rings. The molecule has 1 fully saturated rings. The van der Waals surface area contributed by atoms with Crippen molar-refractivity contribution >= 4 is 40.8 Å². The van der Waals surface area contributed by atoms with E-state index in [0.717, 1.165) is 17.3 Å². The highest BCUT2D eigenvalue weighted by molar-refractivity contribution is 8.15. The highest BCUT2D eigenvalue weighted by Gasteiger charge is 2.32. The monoisotopic (exact) mass is 631 g/mol. The second-order valence-electron chi connectivity index (χ2n) is 9.97. The van der Waals surface area contributed by atoms with Gasteiger partial charge in [-0.2, -0.15) is 10.3 Å². The number of amidine groups is 1. The van der Waals surface area contributed by atoms with E-state index in [1.807, 2.05) is 38.1 Å². The Kier molecular flexibility index (Phi) is 9.10. The normalized spacial score (nSPS) is 15.2. The molecule has 1 aliphatic heterocycles. The van der Waals surface area contributed by atoms with E-state index < -0.39 is 18.3 Å². The lowest BCUT2D eigenvalue weighted by molar-refractivity contribution is -0.274. The number of aliphatic imine (C=N–C) groups is 2. The van der Waals surface area contributed by atoms with E-state index in [4.69, 9.17) is 0 Å². The van der Waals surface area contributed by atoms with E-state index in [-0.39, 0.29) is 28.5 Å². The van der Waals surface area contributed by atoms with E-state index in [1.165, 1.54) is 46.4 Å². The van der Waals surface area contributed by atoms with Gasteiger partial charge in [0.05, 0.1) is 23.2 Å². The summed E-state index contributed by atoms with van der Waals surface area (Å²) in [4.78, 5) is 38.9. The molecule has 3 aromatic carbocycles. The number of hydrogen-bond donors (Lipinski definition) is 0. The Balaban J connectivity index is 1.27. The van der Waals surface area contributed by atoms with Crippen molar-refractivity contribution in [1.82, 2.24) is 14.8 Å². The molecule has 1 atom stereocenters. The number of amides is 3. The van der Waals surface area contributed by atoms with Crippen LogP contribution in [0.2, 0.25) is 0 Å². The maximum Gasteiger partial charge on any atom is 0.573 e. The molecule has 0 bridgehead atoms. The minimum Gasteiger partial charge on any atom is -0.406 e. The molecule has 14 heteroatoms. The van der Waals surface area contributed by atoms with Crippen LogP contribution in [-0.4, -0.2) is 50.2 Å². The lowest BCUT2D eigenvalue weighted by Crippen LogP contribution is -2.30. The molecule has 0 spiro atoms. The van der Waals surface area contributed by atoms with Crippen LogP contribution >= 0.6 is 11.8 Å². The molecule has 0 N–H and O–H groups in total. The number of hydrogen-bond acceptors (Lipinski definition) is 7. The third-order valence-corrected chi connectivity index (χ3v) is 7.51. The number of nitriles is 1. The number of ether oxygens (including phenoxy) is 1. The van der Waals surface area contributed by atoms with E-state index in [2.05, 4.69) is 30.9 Å². The molecule has 228 valence electrons. The fourth-order valence-electron chi connectivity index (χ4n) is 4.46. The van der Waals surface area contributed by atoms with Crippen molar-refractivity contribution < 1.29 is 27.5 Å². The second kappa shape index (κ2) is 13.1. The van der Waals surface area contributed by atoms with Crippen LogP contribution in [0.25, 0.3) is 17.1 Å². The van der Waals surface area contributed by atoms with Crippen molar-refractivity contribution in [2.45, 2.75) is 32.0 Å². The first kappa shape index (κ1) is 31.1. The summed E-state index contributed by atoms with van der Waals surface area (Å²) in [7, 11) is 0. The van der Waals surface area contributed by atoms with E-state index >= 15 is 0 Å². The summed E-state index contributed by atoms with van der Waals surface area (Å²) < 4.78 is 42.5. The molecular weight excluding hydrogens is 607 g/mol. The molecule has 3 amide bonds. The molecule has 10 nitrogen and oxygen atoms in total. The maximum absolute atomic E-state index is 12.7. The van der Waals surface area contributed by atoms with Crippen LogP contribution in [0.5, 0.6) is 5.75 Å². The summed E-state index contributed by atoms with van der Waals surface area (Å²) in [6.45, 7) is 4.03. The SMILES string of the molecule is CC(C)c1ccccc1N1C(=O)CSC1=NC(=O)N=CC(C#N)c1ccc(-c2ncn(-c3ccc(OC(F)(F)F)cc3)n2)cc1. The summed E-state index contributed by atoms with van der Waals surface area (Å²) in [5, 5.41) is 14.3. The van der Waals surface area contributed by atoms with E-state index in [1.54, 1.807) is 24.3 Å². The predicted molar refractivity (Wildman–Crippen MR) is 164 cm³/mol. The van der Waals surface area contributed by atoms with Crippen LogP contribution in [0.15, 0.2) is 89.1 Å². The lowest BCUT2D eigenvalue weighted by atomic mass is 10.0. The minimum absolute atomic E-state index is 0.145. The van der Waals surface area contributed by atoms with Crippen LogP contribution < -0.4 is 9.64 Å². The Bertz CT molecular complexity index is 1810. The summed E-state index contributed by atoms with van der Waals surface area (Å²) in [5.74, 6) is -0.767. The number of halogens is 3. The van der Waals surface area contributed by atoms with Gasteiger partial charge in [-0.1, -0.05) is 68.1 Å². The van der Waals surface area contributed by atoms with Gasteiger partial charge in [0, 0.05) is 11.8 Å². The number of thioether (sulfide) groups is 1. The number of alkyl halides is 3. The molecule has 5 rings (SSSR count). The van der Waals surface area contributed by atoms with Gasteiger partial charge in [-0.3, -0.25) is 9.69 Å². The van der Waals surface area contributed by atoms with Crippen molar-refractivity contribution in [2.24, 2.45) is 9.98 Å². The molecule has 1 saturated heterocycles. The smallest absolute Gasteiger partial charge is 0.406 e. The third-order valence-electron chi connectivity index (χ3n) is 6.58. The fourth-order valence-corrected chi connectivity index (χ4v) is 5.32. The number of anilines is 1. The topological polar surface area (TPSA) is 126 Å². The van der Waals surface area contributed by atoms with Gasteiger partial charge in [0.15, 0.2) is 11.0 Å². The van der Waals surface area contributed by atoms with Gasteiger partial charge >= 0.3 is 12.4 Å². The van der Waals surface area contributed by atoms with Crippen LogP contribution in [0, 0.1) is 11.3 Å². The van der Waals surface area contributed by atoms with Gasteiger partial charge in [0.1, 0.15) is 18.0 Å². The first-order valence-corrected chi connectivity index (χ1v) is 14.5. The number of nitrogens with zero attached hydrogens (tertiary/aromatic N) is 7. The van der Waals surface area contributed by atoms with E-state index in [9.17, 15) is 28.0 Å². The van der Waals surface area contributed by atoms with Gasteiger partial charge in [-0.05, 0) is 47.4 Å². The highest BCUT2D eigenvalue weighted by Crippen LogP contribution is 2.33. The number of para-hydroxylation sites is 1. The summed E-state index contributed by atoms with van der Waals surface area (Å²) in [6, 6.07) is 20.6. The highest BCUT2D eigenvalue weighted by atomic mass is 32.2. The van der Waals surface area contributed by atoms with Crippen molar-refractivity contribution in [3.05, 3.63) is 90.3 Å². The number of carbonyl (C=O) groups is 2. The molecule has 0 aliphatic carbocycles. The van der Waals surface area contributed by atoms with Gasteiger partial charge in [-0.15, -0.1) is 18.3 Å². The minimum atomic E-state index is -4.78. The van der Waals surface area contributed by atoms with Crippen LogP contribution in [0.1, 0.15) is 36.8 Å². The number of benzene rings is 3. The summed E-state index contributed by atoms with van der Waals surface area (Å²) in [5.41, 5.74) is 3.27. The number of rotatable bonds is 7. The Morgan fingerprint density at radius 1 is 1.09 bits per heavy atom. The van der Waals surface area contributed by atoms with Crippen LogP contribution in [0.3, 0.4) is 0 Å². The van der Waals surface area contributed by atoms with Crippen LogP contribution in [-0.2, 0) is 4.79 Å². The molecule has 1 aromatic heterocycles. The summed E-state index contributed by atoms with van der Waals surface area (Å²) >= 11 is 1.15. The average Bonchev–Trinajstić information content (AvgIpc) is 3.64. The average molecular weight is 632 g/mol. The van der Waals surface area contributed by atoms with Crippen molar-refractivity contribution in [3.8, 4) is 28.9 Å². The molecule has 2 heterocycles. The molecule has 1 unspecified atom stereocenters. The molecule has 0 radical (unpaired) electrons. The predicted octanol–water partition coefficient (Wildman–Crippen LogP) is 6.89. The molecule has 4 aromatic rings.